The summed E-state index contributed by atoms with van der Waals surface area (Å²) in [5.41, 5.74) is 13.7. The van der Waals surface area contributed by atoms with Crippen molar-refractivity contribution >= 4 is 76.2 Å². The van der Waals surface area contributed by atoms with Crippen LogP contribution in [0.25, 0.3) is 121 Å². The monoisotopic (exact) mass is 716 g/mol. The number of pyridine rings is 8. The third-order valence-corrected chi connectivity index (χ3v) is 11.3. The number of aromatic nitrogens is 10. The van der Waals surface area contributed by atoms with E-state index >= 15 is 0 Å². The number of rotatable bonds is 4. The molecule has 13 rings (SSSR count). The lowest BCUT2D eigenvalue weighted by Gasteiger charge is -2.06. The maximum atomic E-state index is 5.16. The molecule has 0 aliphatic carbocycles. The van der Waals surface area contributed by atoms with Crippen LogP contribution < -0.4 is 0 Å². The molecular formula is C46H24N10. The van der Waals surface area contributed by atoms with Crippen LogP contribution >= 0.6 is 0 Å². The van der Waals surface area contributed by atoms with E-state index in [4.69, 9.17) is 19.9 Å². The highest BCUT2D eigenvalue weighted by atomic mass is 15.0. The molecule has 0 aliphatic heterocycles. The van der Waals surface area contributed by atoms with E-state index < -0.39 is 0 Å². The van der Waals surface area contributed by atoms with E-state index in [1.807, 2.05) is 86.0 Å². The summed E-state index contributed by atoms with van der Waals surface area (Å²) in [6.45, 7) is 0. The van der Waals surface area contributed by atoms with Crippen molar-refractivity contribution in [2.75, 3.05) is 0 Å². The fourth-order valence-electron chi connectivity index (χ4n) is 8.92. The van der Waals surface area contributed by atoms with Crippen molar-refractivity contribution in [2.24, 2.45) is 0 Å². The van der Waals surface area contributed by atoms with Crippen LogP contribution in [0, 0.1) is 0 Å². The van der Waals surface area contributed by atoms with Crippen molar-refractivity contribution in [3.63, 3.8) is 0 Å². The first kappa shape index (κ1) is 29.5. The van der Waals surface area contributed by atoms with Gasteiger partial charge >= 0.3 is 0 Å². The standard InChI is InChI=1S/C46H24N10/c1-5-25(17-47-9-1)35-14-37-31(21-51-35)33-23-53-43(27-7-3-11-49-19-27)41-29-13-30-40(16-39(29)55(37)45(33)41)56-38-15-36(26-6-2-10-48-18-26)52-22-32(38)34-24-54-44(42(30)46(34)56)28-8-4-12-50-20-28/h1-24H. The Morgan fingerprint density at radius 3 is 1.14 bits per heavy atom. The number of benzene rings is 1. The fraction of sp³-hybridized carbons (Fsp3) is 0. The molecule has 10 heteroatoms. The van der Waals surface area contributed by atoms with Crippen LogP contribution in [0.2, 0.25) is 0 Å². The van der Waals surface area contributed by atoms with Crippen LogP contribution in [0.15, 0.2) is 147 Å². The topological polar surface area (TPSA) is 112 Å². The summed E-state index contributed by atoms with van der Waals surface area (Å²) in [6.07, 6.45) is 22.6. The molecule has 0 radical (unpaired) electrons. The lowest BCUT2D eigenvalue weighted by Crippen LogP contribution is -1.88. The molecule has 13 aromatic rings. The molecule has 0 unspecified atom stereocenters. The number of nitrogens with zero attached hydrogens (tertiary/aromatic N) is 10. The van der Waals surface area contributed by atoms with Crippen LogP contribution in [0.1, 0.15) is 0 Å². The van der Waals surface area contributed by atoms with Gasteiger partial charge < -0.3 is 8.80 Å². The van der Waals surface area contributed by atoms with Gasteiger partial charge in [0.2, 0.25) is 0 Å². The van der Waals surface area contributed by atoms with Gasteiger partial charge in [0.05, 0.1) is 55.9 Å². The van der Waals surface area contributed by atoms with Gasteiger partial charge in [-0.3, -0.25) is 39.9 Å². The maximum absolute atomic E-state index is 5.16. The van der Waals surface area contributed by atoms with Gasteiger partial charge in [0, 0.05) is 140 Å². The molecule has 12 heterocycles. The highest BCUT2D eigenvalue weighted by Crippen LogP contribution is 2.48. The highest BCUT2D eigenvalue weighted by Gasteiger charge is 2.27. The number of hydrogen-bond donors (Lipinski definition) is 0. The molecule has 1 aromatic carbocycles. The first-order valence-electron chi connectivity index (χ1n) is 18.3. The SMILES string of the molecule is c1cncc(-c2cc3c(cn2)c2cnc(-c4cccnc4)c4c5cc6c7c(-c8cccnc8)ncc8c9cnc(-c%10cccnc%10)cc9n(c6cc5n3c24)c87)c1. The quantitative estimate of drug-likeness (QED) is 0.177. The zero-order valence-electron chi connectivity index (χ0n) is 29.3. The van der Waals surface area contributed by atoms with Gasteiger partial charge in [-0.15, -0.1) is 0 Å². The Morgan fingerprint density at radius 1 is 0.339 bits per heavy atom. The molecule has 0 amide bonds. The highest BCUT2D eigenvalue weighted by molar-refractivity contribution is 6.31. The van der Waals surface area contributed by atoms with Crippen LogP contribution in [0.4, 0.5) is 0 Å². The summed E-state index contributed by atoms with van der Waals surface area (Å²) in [5, 5.41) is 8.50. The van der Waals surface area contributed by atoms with Crippen LogP contribution in [0.5, 0.6) is 0 Å². The number of hydrogen-bond acceptors (Lipinski definition) is 8. The van der Waals surface area contributed by atoms with Crippen LogP contribution in [-0.2, 0) is 0 Å². The van der Waals surface area contributed by atoms with Crippen molar-refractivity contribution in [1.82, 2.24) is 48.7 Å². The Balaban J connectivity index is 1.24. The Hall–Kier alpha value is -7.98. The average molecular weight is 717 g/mol. The van der Waals surface area contributed by atoms with Gasteiger partial charge in [-0.2, -0.15) is 0 Å². The van der Waals surface area contributed by atoms with Crippen LogP contribution in [0.3, 0.4) is 0 Å². The van der Waals surface area contributed by atoms with E-state index in [0.29, 0.717) is 0 Å². The number of fused-ring (bicyclic) bond motifs is 12. The van der Waals surface area contributed by atoms with E-state index in [9.17, 15) is 0 Å². The molecule has 12 aromatic heterocycles. The third-order valence-electron chi connectivity index (χ3n) is 11.3. The summed E-state index contributed by atoms with van der Waals surface area (Å²) in [6, 6.07) is 25.1. The second kappa shape index (κ2) is 10.8. The molecule has 0 aliphatic rings. The Labute approximate surface area is 316 Å². The molecule has 0 saturated heterocycles. The van der Waals surface area contributed by atoms with E-state index in [1.54, 1.807) is 24.8 Å². The van der Waals surface area contributed by atoms with Gasteiger partial charge in [0.25, 0.3) is 0 Å². The van der Waals surface area contributed by atoms with Gasteiger partial charge in [-0.05, 0) is 72.8 Å². The Morgan fingerprint density at radius 2 is 0.732 bits per heavy atom. The van der Waals surface area contributed by atoms with Crippen LogP contribution in [-0.4, -0.2) is 48.7 Å². The van der Waals surface area contributed by atoms with Crippen molar-refractivity contribution in [3.05, 3.63) is 147 Å². The van der Waals surface area contributed by atoms with E-state index in [0.717, 1.165) is 121 Å². The maximum Gasteiger partial charge on any atom is 0.0818 e. The molecule has 0 fully saturated rings. The van der Waals surface area contributed by atoms with Gasteiger partial charge in [-0.25, -0.2) is 0 Å². The summed E-state index contributed by atoms with van der Waals surface area (Å²) in [4.78, 5) is 37.9. The molecule has 10 nitrogen and oxygen atoms in total. The van der Waals surface area contributed by atoms with Crippen molar-refractivity contribution in [2.45, 2.75) is 0 Å². The molecule has 258 valence electrons. The predicted molar refractivity (Wildman–Crippen MR) is 220 cm³/mol. The second-order valence-corrected chi connectivity index (χ2v) is 14.2. The first-order chi connectivity index (χ1) is 27.8. The zero-order chi connectivity index (χ0) is 36.5. The van der Waals surface area contributed by atoms with E-state index in [1.165, 1.54) is 0 Å². The van der Waals surface area contributed by atoms with Crippen molar-refractivity contribution in [3.8, 4) is 45.0 Å². The summed E-state index contributed by atoms with van der Waals surface area (Å²) >= 11 is 0. The van der Waals surface area contributed by atoms with E-state index in [2.05, 4.69) is 65.1 Å². The summed E-state index contributed by atoms with van der Waals surface area (Å²) in [7, 11) is 0. The van der Waals surface area contributed by atoms with Crippen molar-refractivity contribution in [1.29, 1.82) is 0 Å². The molecule has 0 bridgehead atoms. The predicted octanol–water partition coefficient (Wildman–Crippen LogP) is 9.81. The Bertz CT molecular complexity index is 3440. The molecule has 0 atom stereocenters. The first-order valence-corrected chi connectivity index (χ1v) is 18.3. The lowest BCUT2D eigenvalue weighted by atomic mass is 10.0. The molecule has 0 N–H and O–H groups in total. The molecule has 56 heavy (non-hydrogen) atoms. The van der Waals surface area contributed by atoms with E-state index in [-0.39, 0.29) is 0 Å². The summed E-state index contributed by atoms with van der Waals surface area (Å²) in [5.74, 6) is 0. The lowest BCUT2D eigenvalue weighted by molar-refractivity contribution is 1.28. The third kappa shape index (κ3) is 3.83. The van der Waals surface area contributed by atoms with Gasteiger partial charge in [0.1, 0.15) is 0 Å². The minimum absolute atomic E-state index is 0.856. The zero-order valence-corrected chi connectivity index (χ0v) is 29.3. The normalized spacial score (nSPS) is 12.3. The molecule has 0 saturated carbocycles. The van der Waals surface area contributed by atoms with Crippen molar-refractivity contribution < 1.29 is 0 Å². The second-order valence-electron chi connectivity index (χ2n) is 14.2. The molecule has 0 spiro atoms. The fourth-order valence-corrected chi connectivity index (χ4v) is 8.92. The minimum Gasteiger partial charge on any atom is -0.308 e. The molecular weight excluding hydrogens is 693 g/mol. The largest absolute Gasteiger partial charge is 0.308 e. The Kier molecular flexibility index (Phi) is 5.68. The summed E-state index contributed by atoms with van der Waals surface area (Å²) < 4.78 is 4.79. The smallest absolute Gasteiger partial charge is 0.0818 e. The average Bonchev–Trinajstić information content (AvgIpc) is 4.00. The minimum atomic E-state index is 0.856. The van der Waals surface area contributed by atoms with Gasteiger partial charge in [-0.1, -0.05) is 0 Å². The van der Waals surface area contributed by atoms with Gasteiger partial charge in [0.15, 0.2) is 0 Å².